The second kappa shape index (κ2) is 8.74. The first-order valence-electron chi connectivity index (χ1n) is 6.26. The molecule has 0 unspecified atom stereocenters. The van der Waals surface area contributed by atoms with Gasteiger partial charge in [-0.15, -0.1) is 0 Å². The SMILES string of the molecule is COc1ccc(OC)c(C(SC)=[N+]2CCOCC2)c1.[I-]. The van der Waals surface area contributed by atoms with Gasteiger partial charge in [0.15, 0.2) is 13.1 Å². The van der Waals surface area contributed by atoms with Crippen LogP contribution in [0.2, 0.25) is 0 Å². The fourth-order valence-corrected chi connectivity index (χ4v) is 2.98. The van der Waals surface area contributed by atoms with Crippen molar-refractivity contribution >= 4 is 16.8 Å². The van der Waals surface area contributed by atoms with Crippen LogP contribution in [-0.4, -0.2) is 56.4 Å². The lowest BCUT2D eigenvalue weighted by molar-refractivity contribution is -0.546. The molecule has 4 nitrogen and oxygen atoms in total. The van der Waals surface area contributed by atoms with E-state index >= 15 is 0 Å². The largest absolute Gasteiger partial charge is 1.00 e. The second-order valence-corrected chi connectivity index (χ2v) is 4.97. The zero-order valence-electron chi connectivity index (χ0n) is 12.0. The van der Waals surface area contributed by atoms with Crippen LogP contribution in [-0.2, 0) is 4.74 Å². The highest BCUT2D eigenvalue weighted by molar-refractivity contribution is 8.13. The van der Waals surface area contributed by atoms with E-state index < -0.39 is 0 Å². The molecular weight excluding hydrogens is 389 g/mol. The van der Waals surface area contributed by atoms with Crippen LogP contribution in [0.5, 0.6) is 11.5 Å². The van der Waals surface area contributed by atoms with Crippen LogP contribution in [0.4, 0.5) is 0 Å². The molecule has 1 heterocycles. The van der Waals surface area contributed by atoms with Crippen LogP contribution in [0.25, 0.3) is 0 Å². The standard InChI is InChI=1S/C14H20NO3S.HI/c1-16-11-4-5-13(17-2)12(10-11)14(19-3)15-6-8-18-9-7-15;/h4-5,10H,6-9H2,1-3H3;1H/q+1;/p-1. The lowest BCUT2D eigenvalue weighted by Crippen LogP contribution is -3.00. The van der Waals surface area contributed by atoms with Gasteiger partial charge in [0.05, 0.1) is 19.8 Å². The van der Waals surface area contributed by atoms with E-state index in [1.807, 2.05) is 18.2 Å². The normalized spacial score (nSPS) is 14.4. The molecule has 1 saturated heterocycles. The predicted octanol–water partition coefficient (Wildman–Crippen LogP) is -1.14. The summed E-state index contributed by atoms with van der Waals surface area (Å²) in [6.07, 6.45) is 2.09. The Labute approximate surface area is 141 Å². The zero-order chi connectivity index (χ0) is 13.7. The third-order valence-corrected chi connectivity index (χ3v) is 3.99. The molecule has 20 heavy (non-hydrogen) atoms. The number of halogens is 1. The molecule has 112 valence electrons. The maximum absolute atomic E-state index is 5.47. The molecule has 0 amide bonds. The maximum atomic E-state index is 5.47. The molecule has 2 rings (SSSR count). The summed E-state index contributed by atoms with van der Waals surface area (Å²) in [5.41, 5.74) is 1.08. The summed E-state index contributed by atoms with van der Waals surface area (Å²) in [5.74, 6) is 1.72. The van der Waals surface area contributed by atoms with E-state index in [0.29, 0.717) is 0 Å². The molecule has 1 aliphatic heterocycles. The summed E-state index contributed by atoms with van der Waals surface area (Å²) >= 11 is 1.73. The number of methoxy groups -OCH3 is 2. The van der Waals surface area contributed by atoms with E-state index in [4.69, 9.17) is 14.2 Å². The third-order valence-electron chi connectivity index (χ3n) is 3.13. The molecule has 0 atom stereocenters. The summed E-state index contributed by atoms with van der Waals surface area (Å²) in [6.45, 7) is 3.37. The first-order chi connectivity index (χ1) is 9.30. The monoisotopic (exact) mass is 409 g/mol. The summed E-state index contributed by atoms with van der Waals surface area (Å²) < 4.78 is 18.5. The van der Waals surface area contributed by atoms with Gasteiger partial charge in [0.1, 0.15) is 24.7 Å². The van der Waals surface area contributed by atoms with Crippen LogP contribution in [0.15, 0.2) is 18.2 Å². The Morgan fingerprint density at radius 2 is 1.90 bits per heavy atom. The van der Waals surface area contributed by atoms with Gasteiger partial charge in [0.2, 0.25) is 5.04 Å². The lowest BCUT2D eigenvalue weighted by Gasteiger charge is -2.16. The molecule has 0 spiro atoms. The molecule has 1 aromatic carbocycles. The number of hydrogen-bond donors (Lipinski definition) is 0. The van der Waals surface area contributed by atoms with Crippen LogP contribution in [0, 0.1) is 0 Å². The molecule has 1 aromatic rings. The van der Waals surface area contributed by atoms with E-state index in [-0.39, 0.29) is 24.0 Å². The molecule has 0 N–H and O–H groups in total. The van der Waals surface area contributed by atoms with E-state index in [9.17, 15) is 0 Å². The van der Waals surface area contributed by atoms with Gasteiger partial charge in [0, 0.05) is 0 Å². The summed E-state index contributed by atoms with van der Waals surface area (Å²) in [7, 11) is 3.38. The second-order valence-electron chi connectivity index (χ2n) is 4.17. The molecule has 1 aliphatic rings. The average molecular weight is 409 g/mol. The highest BCUT2D eigenvalue weighted by Crippen LogP contribution is 2.27. The van der Waals surface area contributed by atoms with Crippen molar-refractivity contribution in [1.29, 1.82) is 0 Å². The molecule has 0 bridgehead atoms. The van der Waals surface area contributed by atoms with Crippen molar-refractivity contribution in [3.05, 3.63) is 23.8 Å². The Morgan fingerprint density at radius 1 is 1.20 bits per heavy atom. The van der Waals surface area contributed by atoms with E-state index in [2.05, 4.69) is 10.8 Å². The number of thioether (sulfide) groups is 1. The number of morpholine rings is 1. The number of ether oxygens (including phenoxy) is 3. The van der Waals surface area contributed by atoms with Crippen LogP contribution in [0.1, 0.15) is 5.56 Å². The smallest absolute Gasteiger partial charge is 0.245 e. The number of benzene rings is 1. The van der Waals surface area contributed by atoms with Gasteiger partial charge < -0.3 is 38.2 Å². The van der Waals surface area contributed by atoms with E-state index in [1.165, 1.54) is 5.04 Å². The van der Waals surface area contributed by atoms with Crippen molar-refractivity contribution in [2.45, 2.75) is 0 Å². The summed E-state index contributed by atoms with van der Waals surface area (Å²) in [5, 5.41) is 1.21. The fourth-order valence-electron chi connectivity index (χ4n) is 2.16. The summed E-state index contributed by atoms with van der Waals surface area (Å²) in [4.78, 5) is 0. The van der Waals surface area contributed by atoms with Gasteiger partial charge in [-0.3, -0.25) is 0 Å². The van der Waals surface area contributed by atoms with Gasteiger partial charge in [-0.05, 0) is 24.5 Å². The molecule has 0 aromatic heterocycles. The minimum absolute atomic E-state index is 0. The Balaban J connectivity index is 0.00000200. The number of nitrogens with zero attached hydrogens (tertiary/aromatic N) is 1. The van der Waals surface area contributed by atoms with Gasteiger partial charge in [-0.25, -0.2) is 4.58 Å². The number of hydrogen-bond acceptors (Lipinski definition) is 4. The topological polar surface area (TPSA) is 30.7 Å². The molecule has 1 fully saturated rings. The highest BCUT2D eigenvalue weighted by atomic mass is 127. The van der Waals surface area contributed by atoms with Gasteiger partial charge >= 0.3 is 0 Å². The Bertz CT molecular complexity index is 471. The van der Waals surface area contributed by atoms with Crippen molar-refractivity contribution in [1.82, 2.24) is 0 Å². The minimum atomic E-state index is 0. The van der Waals surface area contributed by atoms with Crippen molar-refractivity contribution in [3.8, 4) is 11.5 Å². The molecule has 0 saturated carbocycles. The molecule has 0 aliphatic carbocycles. The zero-order valence-corrected chi connectivity index (χ0v) is 15.0. The number of rotatable bonds is 3. The van der Waals surface area contributed by atoms with E-state index in [0.717, 1.165) is 43.4 Å². The predicted molar refractivity (Wildman–Crippen MR) is 78.0 cm³/mol. The average Bonchev–Trinajstić information content (AvgIpc) is 2.49. The maximum Gasteiger partial charge on any atom is 0.245 e. The van der Waals surface area contributed by atoms with Crippen molar-refractivity contribution in [3.63, 3.8) is 0 Å². The molecule has 0 radical (unpaired) electrons. The molecule has 6 heteroatoms. The van der Waals surface area contributed by atoms with Gasteiger partial charge in [-0.1, -0.05) is 11.8 Å². The minimum Gasteiger partial charge on any atom is -1.00 e. The van der Waals surface area contributed by atoms with Gasteiger partial charge in [0.25, 0.3) is 0 Å². The van der Waals surface area contributed by atoms with E-state index in [1.54, 1.807) is 26.0 Å². The van der Waals surface area contributed by atoms with Crippen molar-refractivity contribution < 1.29 is 42.8 Å². The Morgan fingerprint density at radius 3 is 2.45 bits per heavy atom. The molecular formula is C14H20INO3S. The first-order valence-corrected chi connectivity index (χ1v) is 7.48. The Hall–Kier alpha value is -0.470. The third kappa shape index (κ3) is 4.02. The van der Waals surface area contributed by atoms with Crippen LogP contribution in [0.3, 0.4) is 0 Å². The Kier molecular flexibility index (Phi) is 7.68. The first kappa shape index (κ1) is 17.6. The van der Waals surface area contributed by atoms with Crippen molar-refractivity contribution in [2.75, 3.05) is 46.8 Å². The quantitative estimate of drug-likeness (QED) is 0.359. The van der Waals surface area contributed by atoms with Crippen molar-refractivity contribution in [2.24, 2.45) is 0 Å². The van der Waals surface area contributed by atoms with Gasteiger partial charge in [-0.2, -0.15) is 0 Å². The van der Waals surface area contributed by atoms with Crippen LogP contribution >= 0.6 is 11.8 Å². The lowest BCUT2D eigenvalue weighted by atomic mass is 10.2. The van der Waals surface area contributed by atoms with Crippen LogP contribution < -0.4 is 33.5 Å². The highest BCUT2D eigenvalue weighted by Gasteiger charge is 2.23. The summed E-state index contributed by atoms with van der Waals surface area (Å²) in [6, 6.07) is 5.89. The fraction of sp³-hybridized carbons (Fsp3) is 0.500.